The Balaban J connectivity index is 2.36. The molecule has 1 aliphatic rings. The average Bonchev–Trinajstić information content (AvgIpc) is 2.57. The molecule has 0 radical (unpaired) electrons. The van der Waals surface area contributed by atoms with Gasteiger partial charge in [0.25, 0.3) is 5.69 Å². The van der Waals surface area contributed by atoms with Crippen LogP contribution in [0.4, 0.5) is 5.69 Å². The summed E-state index contributed by atoms with van der Waals surface area (Å²) in [6.45, 7) is 3.64. The Hall–Kier alpha value is -1.46. The molecular weight excluding hydrogens is 210 g/mol. The maximum Gasteiger partial charge on any atom is 0.275 e. The molecule has 0 aromatic heterocycles. The second kappa shape index (κ2) is 4.19. The van der Waals surface area contributed by atoms with E-state index in [1.54, 1.807) is 25.1 Å². The van der Waals surface area contributed by atoms with Crippen LogP contribution in [0.5, 0.6) is 0 Å². The molecule has 16 heavy (non-hydrogen) atoms. The molecule has 1 heterocycles. The van der Waals surface area contributed by atoms with E-state index in [9.17, 15) is 10.1 Å². The number of nitro groups is 1. The van der Waals surface area contributed by atoms with E-state index in [1.165, 1.54) is 6.07 Å². The Morgan fingerprint density at radius 1 is 1.25 bits per heavy atom. The van der Waals surface area contributed by atoms with Crippen molar-refractivity contribution in [3.63, 3.8) is 0 Å². The zero-order chi connectivity index (χ0) is 11.7. The van der Waals surface area contributed by atoms with Crippen LogP contribution < -0.4 is 0 Å². The van der Waals surface area contributed by atoms with Gasteiger partial charge in [0.05, 0.1) is 16.6 Å². The topological polar surface area (TPSA) is 61.6 Å². The zero-order valence-electron chi connectivity index (χ0n) is 9.12. The van der Waals surface area contributed by atoms with Crippen molar-refractivity contribution in [3.8, 4) is 0 Å². The van der Waals surface area contributed by atoms with Crippen molar-refractivity contribution in [2.45, 2.75) is 32.3 Å². The minimum Gasteiger partial charge on any atom is -0.347 e. The van der Waals surface area contributed by atoms with Crippen LogP contribution in [0, 0.1) is 10.1 Å². The fourth-order valence-electron chi connectivity index (χ4n) is 1.94. The van der Waals surface area contributed by atoms with E-state index >= 15 is 0 Å². The monoisotopic (exact) mass is 223 g/mol. The van der Waals surface area contributed by atoms with Crippen LogP contribution in [-0.2, 0) is 9.47 Å². The molecule has 3 unspecified atom stereocenters. The maximum absolute atomic E-state index is 10.9. The fourth-order valence-corrected chi connectivity index (χ4v) is 1.94. The molecule has 1 fully saturated rings. The van der Waals surface area contributed by atoms with Gasteiger partial charge < -0.3 is 9.47 Å². The van der Waals surface area contributed by atoms with E-state index in [-0.39, 0.29) is 24.2 Å². The summed E-state index contributed by atoms with van der Waals surface area (Å²) in [5, 5.41) is 10.9. The van der Waals surface area contributed by atoms with Crippen LogP contribution in [-0.4, -0.2) is 17.3 Å². The van der Waals surface area contributed by atoms with Crippen molar-refractivity contribution >= 4 is 5.69 Å². The van der Waals surface area contributed by atoms with E-state index in [0.29, 0.717) is 5.56 Å². The summed E-state index contributed by atoms with van der Waals surface area (Å²) in [7, 11) is 0. The standard InChI is InChI=1S/C11H13NO4/c1-7-11(16-8(2)15-7)9-5-3-4-6-10(9)12(13)14/h3-8,11H,1-2H3. The molecule has 0 aliphatic carbocycles. The second-order valence-electron chi connectivity index (χ2n) is 3.78. The Morgan fingerprint density at radius 2 is 1.94 bits per heavy atom. The molecule has 0 spiro atoms. The summed E-state index contributed by atoms with van der Waals surface area (Å²) in [4.78, 5) is 10.5. The summed E-state index contributed by atoms with van der Waals surface area (Å²) in [5.74, 6) is 0. The number of hydrogen-bond donors (Lipinski definition) is 0. The van der Waals surface area contributed by atoms with E-state index in [0.717, 1.165) is 0 Å². The van der Waals surface area contributed by atoms with Gasteiger partial charge in [-0.15, -0.1) is 0 Å². The molecule has 2 rings (SSSR count). The smallest absolute Gasteiger partial charge is 0.275 e. The fraction of sp³-hybridized carbons (Fsp3) is 0.455. The number of rotatable bonds is 2. The molecule has 0 saturated carbocycles. The number of nitrogens with zero attached hydrogens (tertiary/aromatic N) is 1. The summed E-state index contributed by atoms with van der Waals surface area (Å²) >= 11 is 0. The van der Waals surface area contributed by atoms with Crippen LogP contribution in [0.2, 0.25) is 0 Å². The molecule has 0 N–H and O–H groups in total. The van der Waals surface area contributed by atoms with E-state index < -0.39 is 4.92 Å². The molecule has 5 heteroatoms. The van der Waals surface area contributed by atoms with Gasteiger partial charge in [-0.3, -0.25) is 10.1 Å². The molecule has 1 aromatic carbocycles. The van der Waals surface area contributed by atoms with Gasteiger partial charge in [-0.2, -0.15) is 0 Å². The molecule has 1 aliphatic heterocycles. The summed E-state index contributed by atoms with van der Waals surface area (Å²) in [5.41, 5.74) is 0.654. The third-order valence-electron chi connectivity index (χ3n) is 2.61. The third kappa shape index (κ3) is 1.91. The zero-order valence-corrected chi connectivity index (χ0v) is 9.12. The summed E-state index contributed by atoms with van der Waals surface area (Å²) in [6, 6.07) is 6.60. The van der Waals surface area contributed by atoms with Crippen molar-refractivity contribution < 1.29 is 14.4 Å². The first-order valence-electron chi connectivity index (χ1n) is 5.14. The van der Waals surface area contributed by atoms with Gasteiger partial charge >= 0.3 is 0 Å². The minimum atomic E-state index is -0.394. The Bertz CT molecular complexity index is 407. The Morgan fingerprint density at radius 3 is 2.50 bits per heavy atom. The maximum atomic E-state index is 10.9. The highest BCUT2D eigenvalue weighted by atomic mass is 16.7. The van der Waals surface area contributed by atoms with Crippen molar-refractivity contribution in [1.82, 2.24) is 0 Å². The van der Waals surface area contributed by atoms with Crippen LogP contribution >= 0.6 is 0 Å². The first kappa shape index (κ1) is 11.0. The molecule has 5 nitrogen and oxygen atoms in total. The number of benzene rings is 1. The van der Waals surface area contributed by atoms with Crippen molar-refractivity contribution in [3.05, 3.63) is 39.9 Å². The lowest BCUT2D eigenvalue weighted by Gasteiger charge is -2.12. The number of nitro benzene ring substituents is 1. The lowest BCUT2D eigenvalue weighted by molar-refractivity contribution is -0.386. The number of ether oxygens (including phenoxy) is 2. The van der Waals surface area contributed by atoms with Crippen LogP contribution in [0.25, 0.3) is 0 Å². The number of para-hydroxylation sites is 1. The third-order valence-corrected chi connectivity index (χ3v) is 2.61. The van der Waals surface area contributed by atoms with Crippen LogP contribution in [0.3, 0.4) is 0 Å². The lowest BCUT2D eigenvalue weighted by atomic mass is 10.0. The van der Waals surface area contributed by atoms with Gasteiger partial charge in [0.2, 0.25) is 0 Å². The SMILES string of the molecule is CC1OC(C)C(c2ccccc2[N+](=O)[O-])O1. The van der Waals surface area contributed by atoms with Gasteiger partial charge in [0.15, 0.2) is 6.29 Å². The first-order valence-corrected chi connectivity index (χ1v) is 5.14. The Kier molecular flexibility index (Phi) is 2.89. The second-order valence-corrected chi connectivity index (χ2v) is 3.78. The first-order chi connectivity index (χ1) is 7.59. The van der Waals surface area contributed by atoms with Crippen molar-refractivity contribution in [2.24, 2.45) is 0 Å². The molecule has 0 bridgehead atoms. The molecular formula is C11H13NO4. The molecule has 3 atom stereocenters. The van der Waals surface area contributed by atoms with E-state index in [1.807, 2.05) is 6.92 Å². The predicted molar refractivity (Wildman–Crippen MR) is 56.9 cm³/mol. The number of hydrogen-bond acceptors (Lipinski definition) is 4. The molecule has 1 aromatic rings. The molecule has 0 amide bonds. The highest BCUT2D eigenvalue weighted by molar-refractivity contribution is 5.42. The quantitative estimate of drug-likeness (QED) is 0.570. The largest absolute Gasteiger partial charge is 0.347 e. The van der Waals surface area contributed by atoms with Gasteiger partial charge in [0, 0.05) is 6.07 Å². The predicted octanol–water partition coefficient (Wildman–Crippen LogP) is 2.42. The normalized spacial score (nSPS) is 29.2. The summed E-state index contributed by atoms with van der Waals surface area (Å²) < 4.78 is 10.9. The molecule has 1 saturated heterocycles. The van der Waals surface area contributed by atoms with Crippen molar-refractivity contribution in [1.29, 1.82) is 0 Å². The average molecular weight is 223 g/mol. The van der Waals surface area contributed by atoms with Crippen LogP contribution in [0.1, 0.15) is 25.5 Å². The van der Waals surface area contributed by atoms with Gasteiger partial charge in [-0.1, -0.05) is 12.1 Å². The van der Waals surface area contributed by atoms with E-state index in [2.05, 4.69) is 0 Å². The molecule has 86 valence electrons. The van der Waals surface area contributed by atoms with Gasteiger partial charge in [0.1, 0.15) is 6.10 Å². The van der Waals surface area contributed by atoms with E-state index in [4.69, 9.17) is 9.47 Å². The minimum absolute atomic E-state index is 0.0806. The highest BCUT2D eigenvalue weighted by Crippen LogP contribution is 2.36. The van der Waals surface area contributed by atoms with Gasteiger partial charge in [-0.25, -0.2) is 0 Å². The highest BCUT2D eigenvalue weighted by Gasteiger charge is 2.35. The van der Waals surface area contributed by atoms with Gasteiger partial charge in [-0.05, 0) is 19.9 Å². The van der Waals surface area contributed by atoms with Crippen LogP contribution in [0.15, 0.2) is 24.3 Å². The lowest BCUT2D eigenvalue weighted by Crippen LogP contribution is -2.12. The Labute approximate surface area is 93.1 Å². The van der Waals surface area contributed by atoms with Crippen molar-refractivity contribution in [2.75, 3.05) is 0 Å². The summed E-state index contributed by atoms with van der Waals surface area (Å²) in [6.07, 6.45) is -0.854.